The first-order valence-electron chi connectivity index (χ1n) is 7.44. The van der Waals surface area contributed by atoms with Gasteiger partial charge in [-0.05, 0) is 51.5 Å². The number of halogens is 3. The molecule has 0 amide bonds. The lowest BCUT2D eigenvalue weighted by Gasteiger charge is -2.32. The van der Waals surface area contributed by atoms with Crippen LogP contribution in [-0.4, -0.2) is 43.8 Å². The lowest BCUT2D eigenvalue weighted by atomic mass is 9.81. The second kappa shape index (κ2) is 6.44. The predicted molar refractivity (Wildman–Crippen MR) is 70.0 cm³/mol. The van der Waals surface area contributed by atoms with Gasteiger partial charge in [0.15, 0.2) is 0 Å². The Labute approximate surface area is 113 Å². The smallest absolute Gasteiger partial charge is 0.313 e. The molecule has 2 fully saturated rings. The zero-order valence-corrected chi connectivity index (χ0v) is 11.7. The summed E-state index contributed by atoms with van der Waals surface area (Å²) in [4.78, 5) is 2.26. The van der Waals surface area contributed by atoms with Crippen molar-refractivity contribution in [2.24, 2.45) is 11.8 Å². The van der Waals surface area contributed by atoms with Gasteiger partial charge in [0.05, 0.1) is 5.92 Å². The number of alkyl halides is 3. The van der Waals surface area contributed by atoms with Crippen molar-refractivity contribution in [3.8, 4) is 0 Å². The molecule has 5 heteroatoms. The van der Waals surface area contributed by atoms with E-state index < -0.39 is 12.1 Å². The van der Waals surface area contributed by atoms with Crippen molar-refractivity contribution in [2.75, 3.05) is 26.7 Å². The van der Waals surface area contributed by atoms with E-state index in [1.807, 2.05) is 0 Å². The van der Waals surface area contributed by atoms with Crippen LogP contribution in [0.3, 0.4) is 0 Å². The summed E-state index contributed by atoms with van der Waals surface area (Å²) >= 11 is 0. The molecule has 2 aliphatic rings. The zero-order chi connectivity index (χ0) is 13.9. The molecule has 0 bridgehead atoms. The van der Waals surface area contributed by atoms with Crippen molar-refractivity contribution < 1.29 is 13.2 Å². The highest BCUT2D eigenvalue weighted by Crippen LogP contribution is 2.39. The minimum atomic E-state index is -3.98. The third-order valence-corrected chi connectivity index (χ3v) is 4.38. The van der Waals surface area contributed by atoms with Gasteiger partial charge in [-0.2, -0.15) is 13.2 Å². The van der Waals surface area contributed by atoms with Gasteiger partial charge < -0.3 is 10.2 Å². The number of nitrogens with zero attached hydrogens (tertiary/aromatic N) is 1. The summed E-state index contributed by atoms with van der Waals surface area (Å²) in [6.45, 7) is 2.94. The van der Waals surface area contributed by atoms with E-state index in [1.54, 1.807) is 0 Å². The summed E-state index contributed by atoms with van der Waals surface area (Å²) in [7, 11) is 2.07. The molecule has 2 saturated carbocycles. The van der Waals surface area contributed by atoms with E-state index in [-0.39, 0.29) is 0 Å². The minimum absolute atomic E-state index is 0.322. The molecule has 0 radical (unpaired) electrons. The molecule has 0 saturated heterocycles. The van der Waals surface area contributed by atoms with Crippen LogP contribution in [0, 0.1) is 11.8 Å². The van der Waals surface area contributed by atoms with Crippen LogP contribution in [0.4, 0.5) is 13.2 Å². The Morgan fingerprint density at radius 2 is 1.68 bits per heavy atom. The molecule has 0 aromatic rings. The van der Waals surface area contributed by atoms with Crippen LogP contribution >= 0.6 is 0 Å². The maximum atomic E-state index is 12.6. The Hall–Kier alpha value is -0.290. The number of likely N-dealkylation sites (N-methyl/N-ethyl adjacent to an activating group) is 1. The van der Waals surface area contributed by atoms with Crippen LogP contribution in [0.2, 0.25) is 0 Å². The van der Waals surface area contributed by atoms with Crippen LogP contribution in [0.25, 0.3) is 0 Å². The SMILES string of the molecule is CN(CCNC1CC1)CC1CCC(C(F)(F)F)CC1. The lowest BCUT2D eigenvalue weighted by molar-refractivity contribution is -0.184. The molecule has 0 atom stereocenters. The Bertz CT molecular complexity index is 268. The largest absolute Gasteiger partial charge is 0.391 e. The number of hydrogen-bond acceptors (Lipinski definition) is 2. The van der Waals surface area contributed by atoms with Crippen molar-refractivity contribution in [1.29, 1.82) is 0 Å². The van der Waals surface area contributed by atoms with Crippen LogP contribution < -0.4 is 5.32 Å². The quantitative estimate of drug-likeness (QED) is 0.803. The maximum absolute atomic E-state index is 12.6. The first kappa shape index (κ1) is 15.1. The summed E-state index contributed by atoms with van der Waals surface area (Å²) in [5.74, 6) is -0.602. The zero-order valence-electron chi connectivity index (χ0n) is 11.7. The average Bonchev–Trinajstić information content (AvgIpc) is 3.12. The van der Waals surface area contributed by atoms with E-state index >= 15 is 0 Å². The average molecular weight is 278 g/mol. The first-order valence-corrected chi connectivity index (χ1v) is 7.44. The molecule has 1 N–H and O–H groups in total. The van der Waals surface area contributed by atoms with Gasteiger partial charge >= 0.3 is 6.18 Å². The number of rotatable bonds is 6. The molecule has 19 heavy (non-hydrogen) atoms. The summed E-state index contributed by atoms with van der Waals surface area (Å²) in [5.41, 5.74) is 0. The summed E-state index contributed by atoms with van der Waals surface area (Å²) in [6.07, 6.45) is 0.710. The first-order chi connectivity index (χ1) is 8.95. The van der Waals surface area contributed by atoms with Gasteiger partial charge in [-0.1, -0.05) is 0 Å². The van der Waals surface area contributed by atoms with E-state index in [2.05, 4.69) is 17.3 Å². The lowest BCUT2D eigenvalue weighted by Crippen LogP contribution is -2.36. The second-order valence-electron chi connectivity index (χ2n) is 6.25. The minimum Gasteiger partial charge on any atom is -0.313 e. The number of nitrogens with one attached hydrogen (secondary N) is 1. The standard InChI is InChI=1S/C14H25F3N2/c1-19(9-8-18-13-6-7-13)10-11-2-4-12(5-3-11)14(15,16)17/h11-13,18H,2-10H2,1H3. The van der Waals surface area contributed by atoms with E-state index in [4.69, 9.17) is 0 Å². The van der Waals surface area contributed by atoms with E-state index in [0.717, 1.165) is 38.5 Å². The van der Waals surface area contributed by atoms with E-state index in [0.29, 0.717) is 18.8 Å². The van der Waals surface area contributed by atoms with Gasteiger partial charge in [0.2, 0.25) is 0 Å². The van der Waals surface area contributed by atoms with Gasteiger partial charge in [0, 0.05) is 25.7 Å². The fourth-order valence-corrected chi connectivity index (χ4v) is 2.95. The molecule has 0 heterocycles. The molecule has 0 unspecified atom stereocenters. The van der Waals surface area contributed by atoms with Gasteiger partial charge in [-0.3, -0.25) is 0 Å². The van der Waals surface area contributed by atoms with Crippen LogP contribution in [0.1, 0.15) is 38.5 Å². The highest BCUT2D eigenvalue weighted by molar-refractivity contribution is 4.81. The molecule has 2 aliphatic carbocycles. The van der Waals surface area contributed by atoms with E-state index in [1.165, 1.54) is 12.8 Å². The van der Waals surface area contributed by atoms with Crippen LogP contribution in [-0.2, 0) is 0 Å². The Kier molecular flexibility index (Phi) is 5.12. The highest BCUT2D eigenvalue weighted by atomic mass is 19.4. The monoisotopic (exact) mass is 278 g/mol. The topological polar surface area (TPSA) is 15.3 Å². The molecule has 2 nitrogen and oxygen atoms in total. The van der Waals surface area contributed by atoms with Crippen molar-refractivity contribution >= 4 is 0 Å². The summed E-state index contributed by atoms with van der Waals surface area (Å²) in [5, 5.41) is 3.46. The predicted octanol–water partition coefficient (Wildman–Crippen LogP) is 3.04. The van der Waals surface area contributed by atoms with Gasteiger partial charge in [-0.25, -0.2) is 0 Å². The van der Waals surface area contributed by atoms with Gasteiger partial charge in [-0.15, -0.1) is 0 Å². The van der Waals surface area contributed by atoms with E-state index in [9.17, 15) is 13.2 Å². The normalized spacial score (nSPS) is 28.9. The fourth-order valence-electron chi connectivity index (χ4n) is 2.95. The van der Waals surface area contributed by atoms with Crippen molar-refractivity contribution in [2.45, 2.75) is 50.7 Å². The summed E-state index contributed by atoms with van der Waals surface area (Å²) < 4.78 is 37.7. The number of hydrogen-bond donors (Lipinski definition) is 1. The molecule has 0 aromatic carbocycles. The van der Waals surface area contributed by atoms with Crippen LogP contribution in [0.5, 0.6) is 0 Å². The van der Waals surface area contributed by atoms with Crippen LogP contribution in [0.15, 0.2) is 0 Å². The molecule has 2 rings (SSSR count). The molecule has 0 spiro atoms. The third kappa shape index (κ3) is 5.30. The molecular weight excluding hydrogens is 253 g/mol. The molecule has 0 aromatic heterocycles. The van der Waals surface area contributed by atoms with Gasteiger partial charge in [0.1, 0.15) is 0 Å². The Morgan fingerprint density at radius 3 is 2.21 bits per heavy atom. The van der Waals surface area contributed by atoms with Crippen molar-refractivity contribution in [3.63, 3.8) is 0 Å². The summed E-state index contributed by atoms with van der Waals surface area (Å²) in [6, 6.07) is 0.732. The Morgan fingerprint density at radius 1 is 1.05 bits per heavy atom. The molecular formula is C14H25F3N2. The third-order valence-electron chi connectivity index (χ3n) is 4.38. The highest BCUT2D eigenvalue weighted by Gasteiger charge is 2.41. The van der Waals surface area contributed by atoms with Crippen molar-refractivity contribution in [1.82, 2.24) is 10.2 Å². The second-order valence-corrected chi connectivity index (χ2v) is 6.25. The van der Waals surface area contributed by atoms with Crippen molar-refractivity contribution in [3.05, 3.63) is 0 Å². The molecule has 0 aliphatic heterocycles. The Balaban J connectivity index is 1.58. The fraction of sp³-hybridized carbons (Fsp3) is 1.00. The van der Waals surface area contributed by atoms with Gasteiger partial charge in [0.25, 0.3) is 0 Å². The molecule has 112 valence electrons. The maximum Gasteiger partial charge on any atom is 0.391 e.